The Kier molecular flexibility index (Phi) is 2.13. The standard InChI is InChI=1S/C15H21NO/c1-3-16(2)15-11-7-6-10-14(15)17-13-9-5-4-8-12(13)15/h4-5,8-9,14H,3,6-7,10-11H2,1-2H3/i3D2. The first-order valence-electron chi connectivity index (χ1n) is 7.46. The van der Waals surface area contributed by atoms with E-state index in [0.29, 0.717) is 0 Å². The van der Waals surface area contributed by atoms with Gasteiger partial charge in [0.15, 0.2) is 0 Å². The monoisotopic (exact) mass is 233 g/mol. The van der Waals surface area contributed by atoms with Gasteiger partial charge in [0, 0.05) is 8.30 Å². The van der Waals surface area contributed by atoms with Crippen LogP contribution in [0.4, 0.5) is 0 Å². The molecule has 2 aliphatic rings. The Bertz CT molecular complexity index is 485. The van der Waals surface area contributed by atoms with Crippen LogP contribution in [0.2, 0.25) is 0 Å². The third kappa shape index (κ3) is 1.43. The first-order valence-corrected chi connectivity index (χ1v) is 6.46. The van der Waals surface area contributed by atoms with E-state index in [0.717, 1.165) is 30.6 Å². The Morgan fingerprint density at radius 3 is 3.12 bits per heavy atom. The molecule has 0 spiro atoms. The number of nitrogens with zero attached hydrogens (tertiary/aromatic N) is 1. The summed E-state index contributed by atoms with van der Waals surface area (Å²) in [6.07, 6.45) is 4.36. The van der Waals surface area contributed by atoms with E-state index in [1.54, 1.807) is 6.92 Å². The van der Waals surface area contributed by atoms with Gasteiger partial charge in [-0.1, -0.05) is 31.5 Å². The SMILES string of the molecule is [2H]C([2H])(C)N(C)C12CCCCC1Oc1ccccc12. The highest BCUT2D eigenvalue weighted by atomic mass is 16.5. The summed E-state index contributed by atoms with van der Waals surface area (Å²) in [5, 5.41) is 0. The van der Waals surface area contributed by atoms with Crippen LogP contribution in [0.5, 0.6) is 5.75 Å². The fourth-order valence-electron chi connectivity index (χ4n) is 3.43. The second-order valence-corrected chi connectivity index (χ2v) is 5.06. The van der Waals surface area contributed by atoms with E-state index in [1.165, 1.54) is 6.42 Å². The number of rotatable bonds is 2. The number of benzene rings is 1. The Balaban J connectivity index is 2.13. The molecule has 1 aliphatic carbocycles. The van der Waals surface area contributed by atoms with E-state index in [9.17, 15) is 0 Å². The molecule has 1 aliphatic heterocycles. The summed E-state index contributed by atoms with van der Waals surface area (Å²) in [7, 11) is 1.89. The molecule has 2 nitrogen and oxygen atoms in total. The molecule has 17 heavy (non-hydrogen) atoms. The molecule has 0 radical (unpaired) electrons. The molecule has 3 rings (SSSR count). The molecule has 0 aromatic heterocycles. The third-order valence-corrected chi connectivity index (χ3v) is 4.36. The van der Waals surface area contributed by atoms with Crippen LogP contribution in [0.1, 0.15) is 40.9 Å². The van der Waals surface area contributed by atoms with Crippen LogP contribution in [0.25, 0.3) is 0 Å². The Labute approximate surface area is 106 Å². The highest BCUT2D eigenvalue weighted by Crippen LogP contribution is 2.51. The van der Waals surface area contributed by atoms with Gasteiger partial charge >= 0.3 is 0 Å². The molecule has 0 bridgehead atoms. The van der Waals surface area contributed by atoms with E-state index in [2.05, 4.69) is 6.07 Å². The van der Waals surface area contributed by atoms with Gasteiger partial charge < -0.3 is 4.74 Å². The number of likely N-dealkylation sites (N-methyl/N-ethyl adjacent to an activating group) is 1. The first kappa shape index (κ1) is 8.98. The second kappa shape index (κ2) is 4.02. The molecule has 0 amide bonds. The van der Waals surface area contributed by atoms with Gasteiger partial charge in [-0.25, -0.2) is 0 Å². The average molecular weight is 233 g/mol. The number of hydrogen-bond acceptors (Lipinski definition) is 2. The smallest absolute Gasteiger partial charge is 0.125 e. The normalized spacial score (nSPS) is 33.5. The quantitative estimate of drug-likeness (QED) is 0.778. The van der Waals surface area contributed by atoms with Crippen molar-refractivity contribution >= 4 is 0 Å². The molecule has 1 aromatic carbocycles. The average Bonchev–Trinajstić information content (AvgIpc) is 2.72. The van der Waals surface area contributed by atoms with Gasteiger partial charge in [0.25, 0.3) is 0 Å². The summed E-state index contributed by atoms with van der Waals surface area (Å²) in [5.74, 6) is 0.936. The molecule has 1 saturated carbocycles. The van der Waals surface area contributed by atoms with E-state index in [1.807, 2.05) is 30.1 Å². The summed E-state index contributed by atoms with van der Waals surface area (Å²) in [6.45, 7) is 0.282. The molecule has 92 valence electrons. The van der Waals surface area contributed by atoms with E-state index >= 15 is 0 Å². The van der Waals surface area contributed by atoms with Gasteiger partial charge in [0.05, 0.1) is 5.54 Å². The van der Waals surface area contributed by atoms with Gasteiger partial charge in [0.2, 0.25) is 0 Å². The van der Waals surface area contributed by atoms with Gasteiger partial charge in [-0.15, -0.1) is 0 Å². The first-order chi connectivity index (χ1) is 8.96. The Morgan fingerprint density at radius 2 is 2.29 bits per heavy atom. The maximum absolute atomic E-state index is 8.10. The largest absolute Gasteiger partial charge is 0.488 e. The maximum Gasteiger partial charge on any atom is 0.125 e. The molecule has 1 heterocycles. The molecule has 1 fully saturated rings. The lowest BCUT2D eigenvalue weighted by molar-refractivity contribution is -0.00733. The zero-order chi connectivity index (χ0) is 13.7. The van der Waals surface area contributed by atoms with E-state index in [-0.39, 0.29) is 11.6 Å². The minimum atomic E-state index is -1.35. The lowest BCUT2D eigenvalue weighted by Gasteiger charge is -2.44. The van der Waals surface area contributed by atoms with Crippen LogP contribution < -0.4 is 4.74 Å². The second-order valence-electron chi connectivity index (χ2n) is 5.06. The molecule has 0 saturated heterocycles. The number of para-hydroxylation sites is 1. The van der Waals surface area contributed by atoms with E-state index in [4.69, 9.17) is 7.48 Å². The highest BCUT2D eigenvalue weighted by Gasteiger charge is 2.52. The van der Waals surface area contributed by atoms with Crippen molar-refractivity contribution in [2.24, 2.45) is 0 Å². The molecular weight excluding hydrogens is 210 g/mol. The van der Waals surface area contributed by atoms with Crippen LogP contribution in [-0.4, -0.2) is 24.5 Å². The van der Waals surface area contributed by atoms with Gasteiger partial charge in [0.1, 0.15) is 11.9 Å². The Hall–Kier alpha value is -1.02. The topological polar surface area (TPSA) is 12.5 Å². The van der Waals surface area contributed by atoms with Crippen molar-refractivity contribution in [3.8, 4) is 5.75 Å². The molecule has 1 aromatic rings. The van der Waals surface area contributed by atoms with Gasteiger partial charge in [-0.3, -0.25) is 4.90 Å². The van der Waals surface area contributed by atoms with Crippen molar-refractivity contribution in [2.75, 3.05) is 13.5 Å². The third-order valence-electron chi connectivity index (χ3n) is 4.36. The fraction of sp³-hybridized carbons (Fsp3) is 0.600. The van der Waals surface area contributed by atoms with Gasteiger partial charge in [-0.2, -0.15) is 0 Å². The zero-order valence-electron chi connectivity index (χ0n) is 12.6. The van der Waals surface area contributed by atoms with Crippen molar-refractivity contribution < 1.29 is 7.48 Å². The fourth-order valence-corrected chi connectivity index (χ4v) is 3.43. The van der Waals surface area contributed by atoms with Crippen molar-refractivity contribution in [3.05, 3.63) is 29.8 Å². The van der Waals surface area contributed by atoms with Crippen molar-refractivity contribution in [2.45, 2.75) is 44.2 Å². The van der Waals surface area contributed by atoms with Crippen molar-refractivity contribution in [3.63, 3.8) is 0 Å². The lowest BCUT2D eigenvalue weighted by Crippen LogP contribution is -2.52. The summed E-state index contributed by atoms with van der Waals surface area (Å²) >= 11 is 0. The molecule has 2 atom stereocenters. The zero-order valence-corrected chi connectivity index (χ0v) is 10.6. The minimum absolute atomic E-state index is 0.0821. The number of hydrogen-bond donors (Lipinski definition) is 0. The van der Waals surface area contributed by atoms with E-state index < -0.39 is 6.50 Å². The minimum Gasteiger partial charge on any atom is -0.488 e. The van der Waals surface area contributed by atoms with Gasteiger partial charge in [-0.05, 0) is 38.9 Å². The number of ether oxygens (including phenoxy) is 1. The molecule has 2 unspecified atom stereocenters. The number of fused-ring (bicyclic) bond motifs is 3. The van der Waals surface area contributed by atoms with Crippen LogP contribution in [0, 0.1) is 0 Å². The predicted octanol–water partition coefficient (Wildman–Crippen LogP) is 3.17. The highest BCUT2D eigenvalue weighted by molar-refractivity contribution is 5.45. The summed E-state index contributed by atoms with van der Waals surface area (Å²) in [6, 6.07) is 8.13. The molecule has 2 heteroatoms. The van der Waals surface area contributed by atoms with Crippen molar-refractivity contribution in [1.29, 1.82) is 0 Å². The summed E-state index contributed by atoms with van der Waals surface area (Å²) in [5.41, 5.74) is 0.862. The lowest BCUT2D eigenvalue weighted by atomic mass is 9.74. The summed E-state index contributed by atoms with van der Waals surface area (Å²) in [4.78, 5) is 1.88. The van der Waals surface area contributed by atoms with Crippen molar-refractivity contribution in [1.82, 2.24) is 4.90 Å². The molecule has 0 N–H and O–H groups in total. The predicted molar refractivity (Wildman–Crippen MR) is 69.3 cm³/mol. The Morgan fingerprint density at radius 1 is 1.47 bits per heavy atom. The maximum atomic E-state index is 8.10. The van der Waals surface area contributed by atoms with Crippen LogP contribution in [-0.2, 0) is 5.54 Å². The van der Waals surface area contributed by atoms with Crippen LogP contribution in [0.15, 0.2) is 24.3 Å². The van der Waals surface area contributed by atoms with Crippen LogP contribution >= 0.6 is 0 Å². The summed E-state index contributed by atoms with van der Waals surface area (Å²) < 4.78 is 22.3. The molecular formula is C15H21NO. The van der Waals surface area contributed by atoms with Crippen LogP contribution in [0.3, 0.4) is 0 Å².